The van der Waals surface area contributed by atoms with Gasteiger partial charge in [0, 0.05) is 24.0 Å². The molecule has 2 heterocycles. The Hall–Kier alpha value is -0.470. The fraction of sp³-hybridized carbons (Fsp3) is 0.636. The van der Waals surface area contributed by atoms with Crippen molar-refractivity contribution in [1.82, 2.24) is 9.03 Å². The molecule has 1 aromatic rings. The van der Waals surface area contributed by atoms with E-state index in [0.717, 1.165) is 6.42 Å². The highest BCUT2D eigenvalue weighted by atomic mass is 32.2. The number of hydrogen-bond acceptors (Lipinski definition) is 4. The molecule has 18 heavy (non-hydrogen) atoms. The molecule has 0 saturated carbocycles. The normalized spacial score (nSPS) is 19.8. The number of nitrogens with one attached hydrogen (secondary N) is 1. The summed E-state index contributed by atoms with van der Waals surface area (Å²) in [6.07, 6.45) is 0.723. The number of ether oxygens (including phenoxy) is 1. The van der Waals surface area contributed by atoms with Gasteiger partial charge in [-0.3, -0.25) is 0 Å². The van der Waals surface area contributed by atoms with Crippen LogP contribution in [-0.4, -0.2) is 45.1 Å². The van der Waals surface area contributed by atoms with Gasteiger partial charge in [0.15, 0.2) is 0 Å². The van der Waals surface area contributed by atoms with E-state index in [2.05, 4.69) is 4.72 Å². The van der Waals surface area contributed by atoms with Crippen LogP contribution in [0.25, 0.3) is 0 Å². The summed E-state index contributed by atoms with van der Waals surface area (Å²) in [5.74, 6) is 0. The average molecular weight is 290 g/mol. The lowest BCUT2D eigenvalue weighted by Crippen LogP contribution is -2.49. The summed E-state index contributed by atoms with van der Waals surface area (Å²) in [6.45, 7) is 3.69. The van der Waals surface area contributed by atoms with Crippen molar-refractivity contribution in [3.63, 3.8) is 0 Å². The van der Waals surface area contributed by atoms with Gasteiger partial charge in [-0.15, -0.1) is 11.3 Å². The molecule has 5 nitrogen and oxygen atoms in total. The van der Waals surface area contributed by atoms with Crippen molar-refractivity contribution in [2.45, 2.75) is 19.4 Å². The smallest absolute Gasteiger partial charge is 0.279 e. The maximum atomic E-state index is 12.1. The second kappa shape index (κ2) is 6.12. The lowest BCUT2D eigenvalue weighted by Gasteiger charge is -2.27. The molecular formula is C11H18N2O3S2. The molecule has 1 saturated heterocycles. The topological polar surface area (TPSA) is 58.6 Å². The van der Waals surface area contributed by atoms with Gasteiger partial charge in [-0.1, -0.05) is 6.07 Å². The SMILES string of the molecule is C[C@H](Cc1cccs1)NS(=O)(=O)N1CCOCC1. The second-order valence-electron chi connectivity index (χ2n) is 4.32. The molecule has 0 bridgehead atoms. The van der Waals surface area contributed by atoms with E-state index in [1.807, 2.05) is 24.4 Å². The standard InChI is InChI=1S/C11H18N2O3S2/c1-10(9-11-3-2-8-17-11)12-18(14,15)13-4-6-16-7-5-13/h2-3,8,10,12H,4-7,9H2,1H3/t10-/m1/s1. The van der Waals surface area contributed by atoms with Crippen LogP contribution in [0.4, 0.5) is 0 Å². The molecule has 1 atom stereocenters. The number of thiophene rings is 1. The summed E-state index contributed by atoms with van der Waals surface area (Å²) in [5.41, 5.74) is 0. The fourth-order valence-corrected chi connectivity index (χ4v) is 4.09. The van der Waals surface area contributed by atoms with Crippen molar-refractivity contribution in [1.29, 1.82) is 0 Å². The lowest BCUT2D eigenvalue weighted by atomic mass is 10.2. The van der Waals surface area contributed by atoms with Gasteiger partial charge in [-0.25, -0.2) is 0 Å². The summed E-state index contributed by atoms with van der Waals surface area (Å²) >= 11 is 1.64. The Morgan fingerprint density at radius 2 is 2.22 bits per heavy atom. The van der Waals surface area contributed by atoms with Crippen LogP contribution < -0.4 is 4.72 Å². The average Bonchev–Trinajstić information content (AvgIpc) is 2.82. The Labute approximate surface area is 112 Å². The highest BCUT2D eigenvalue weighted by Crippen LogP contribution is 2.12. The van der Waals surface area contributed by atoms with Crippen LogP contribution in [0.5, 0.6) is 0 Å². The van der Waals surface area contributed by atoms with Crippen molar-refractivity contribution in [3.8, 4) is 0 Å². The van der Waals surface area contributed by atoms with Crippen LogP contribution in [0.1, 0.15) is 11.8 Å². The van der Waals surface area contributed by atoms with Crippen LogP contribution in [0, 0.1) is 0 Å². The van der Waals surface area contributed by atoms with Gasteiger partial charge < -0.3 is 4.74 Å². The first-order valence-corrected chi connectivity index (χ1v) is 8.27. The van der Waals surface area contributed by atoms with Crippen LogP contribution in [0.2, 0.25) is 0 Å². The van der Waals surface area contributed by atoms with E-state index >= 15 is 0 Å². The number of rotatable bonds is 5. The molecule has 1 aliphatic rings. The summed E-state index contributed by atoms with van der Waals surface area (Å²) < 4.78 is 33.5. The van der Waals surface area contributed by atoms with Crippen molar-refractivity contribution < 1.29 is 13.2 Å². The first kappa shape index (κ1) is 14.0. The Kier molecular flexibility index (Phi) is 4.74. The fourth-order valence-electron chi connectivity index (χ4n) is 1.89. The molecule has 1 fully saturated rings. The maximum Gasteiger partial charge on any atom is 0.279 e. The predicted octanol–water partition coefficient (Wildman–Crippen LogP) is 0.846. The maximum absolute atomic E-state index is 12.1. The zero-order valence-electron chi connectivity index (χ0n) is 10.3. The lowest BCUT2D eigenvalue weighted by molar-refractivity contribution is 0.0723. The Bertz CT molecular complexity index is 453. The minimum atomic E-state index is -3.38. The van der Waals surface area contributed by atoms with Crippen molar-refractivity contribution in [2.24, 2.45) is 0 Å². The first-order chi connectivity index (χ1) is 8.58. The molecule has 0 radical (unpaired) electrons. The van der Waals surface area contributed by atoms with E-state index in [0.29, 0.717) is 26.3 Å². The van der Waals surface area contributed by atoms with Crippen LogP contribution in [-0.2, 0) is 21.4 Å². The van der Waals surface area contributed by atoms with E-state index in [-0.39, 0.29) is 6.04 Å². The zero-order valence-corrected chi connectivity index (χ0v) is 12.0. The largest absolute Gasteiger partial charge is 0.379 e. The quantitative estimate of drug-likeness (QED) is 0.874. The Balaban J connectivity index is 1.90. The van der Waals surface area contributed by atoms with E-state index in [1.165, 1.54) is 9.18 Å². The molecule has 1 aliphatic heterocycles. The first-order valence-electron chi connectivity index (χ1n) is 5.95. The molecule has 1 aromatic heterocycles. The van der Waals surface area contributed by atoms with Gasteiger partial charge >= 0.3 is 0 Å². The molecule has 2 rings (SSSR count). The Morgan fingerprint density at radius 1 is 1.50 bits per heavy atom. The molecule has 7 heteroatoms. The third kappa shape index (κ3) is 3.76. The predicted molar refractivity (Wildman–Crippen MR) is 71.9 cm³/mol. The van der Waals surface area contributed by atoms with Gasteiger partial charge in [-0.05, 0) is 24.8 Å². The molecule has 0 spiro atoms. The number of morpholine rings is 1. The zero-order chi connectivity index (χ0) is 13.0. The van der Waals surface area contributed by atoms with E-state index in [4.69, 9.17) is 4.74 Å². The minimum Gasteiger partial charge on any atom is -0.379 e. The van der Waals surface area contributed by atoms with Crippen molar-refractivity contribution in [2.75, 3.05) is 26.3 Å². The molecule has 0 unspecified atom stereocenters. The van der Waals surface area contributed by atoms with Crippen molar-refractivity contribution in [3.05, 3.63) is 22.4 Å². The molecular weight excluding hydrogens is 272 g/mol. The van der Waals surface area contributed by atoms with Crippen LogP contribution >= 0.6 is 11.3 Å². The molecule has 0 aromatic carbocycles. The second-order valence-corrected chi connectivity index (χ2v) is 7.05. The monoisotopic (exact) mass is 290 g/mol. The number of nitrogens with zero attached hydrogens (tertiary/aromatic N) is 1. The molecule has 0 amide bonds. The van der Waals surface area contributed by atoms with Crippen LogP contribution in [0.3, 0.4) is 0 Å². The van der Waals surface area contributed by atoms with Gasteiger partial charge in [0.05, 0.1) is 13.2 Å². The van der Waals surface area contributed by atoms with Gasteiger partial charge in [-0.2, -0.15) is 17.4 Å². The molecule has 1 N–H and O–H groups in total. The molecule has 102 valence electrons. The summed E-state index contributed by atoms with van der Waals surface area (Å²) in [5, 5.41) is 2.00. The third-order valence-electron chi connectivity index (χ3n) is 2.75. The summed E-state index contributed by atoms with van der Waals surface area (Å²) in [6, 6.07) is 3.89. The van der Waals surface area contributed by atoms with Crippen LogP contribution in [0.15, 0.2) is 17.5 Å². The van der Waals surface area contributed by atoms with Gasteiger partial charge in [0.1, 0.15) is 0 Å². The molecule has 0 aliphatic carbocycles. The number of hydrogen-bond donors (Lipinski definition) is 1. The third-order valence-corrected chi connectivity index (χ3v) is 5.39. The summed E-state index contributed by atoms with van der Waals surface area (Å²) in [4.78, 5) is 1.19. The Morgan fingerprint density at radius 3 is 2.83 bits per heavy atom. The van der Waals surface area contributed by atoms with Gasteiger partial charge in [0.25, 0.3) is 10.2 Å². The highest BCUT2D eigenvalue weighted by molar-refractivity contribution is 7.87. The van der Waals surface area contributed by atoms with Gasteiger partial charge in [0.2, 0.25) is 0 Å². The van der Waals surface area contributed by atoms with E-state index in [1.54, 1.807) is 11.3 Å². The summed E-state index contributed by atoms with van der Waals surface area (Å²) in [7, 11) is -3.38. The van der Waals surface area contributed by atoms with E-state index < -0.39 is 10.2 Å². The van der Waals surface area contributed by atoms with Crippen molar-refractivity contribution >= 4 is 21.5 Å². The highest BCUT2D eigenvalue weighted by Gasteiger charge is 2.25. The minimum absolute atomic E-state index is 0.100. The van der Waals surface area contributed by atoms with E-state index in [9.17, 15) is 8.42 Å².